The number of ether oxygens (including phenoxy) is 1. The van der Waals surface area contributed by atoms with Gasteiger partial charge in [0.05, 0.1) is 30.1 Å². The third kappa shape index (κ3) is 2.11. The summed E-state index contributed by atoms with van der Waals surface area (Å²) in [5.74, 6) is -0.738. The van der Waals surface area contributed by atoms with Gasteiger partial charge in [-0.3, -0.25) is 9.36 Å². The van der Waals surface area contributed by atoms with Crippen LogP contribution in [0.5, 0.6) is 5.75 Å². The average molecular weight is 301 g/mol. The second-order valence-electron chi connectivity index (χ2n) is 4.99. The zero-order valence-corrected chi connectivity index (χ0v) is 12.2. The minimum atomic E-state index is -0.515. The van der Waals surface area contributed by atoms with E-state index in [1.807, 2.05) is 0 Å². The first-order valence-electron chi connectivity index (χ1n) is 6.85. The zero-order chi connectivity index (χ0) is 15.9. The van der Waals surface area contributed by atoms with Gasteiger partial charge in [0, 0.05) is 7.05 Å². The summed E-state index contributed by atoms with van der Waals surface area (Å²) < 4.78 is 6.69. The molecule has 2 aromatic rings. The van der Waals surface area contributed by atoms with Crippen molar-refractivity contribution in [3.8, 4) is 11.4 Å². The molecule has 1 aromatic carbocycles. The number of amides is 1. The maximum atomic E-state index is 12.4. The van der Waals surface area contributed by atoms with E-state index in [9.17, 15) is 14.7 Å². The number of fused-ring (bicyclic) bond motifs is 3. The molecule has 0 radical (unpaired) electrons. The van der Waals surface area contributed by atoms with Gasteiger partial charge in [-0.2, -0.15) is 0 Å². The van der Waals surface area contributed by atoms with Crippen LogP contribution in [0.1, 0.15) is 33.5 Å². The molecule has 0 atom stereocenters. The van der Waals surface area contributed by atoms with Crippen molar-refractivity contribution in [1.29, 1.82) is 0 Å². The summed E-state index contributed by atoms with van der Waals surface area (Å²) in [6.07, 6.45) is 1.49. The van der Waals surface area contributed by atoms with Crippen LogP contribution >= 0.6 is 0 Å². The number of aromatic hydroxyl groups is 1. The number of nitrogens with zero attached hydrogens (tertiary/aromatic N) is 3. The Morgan fingerprint density at radius 2 is 2.23 bits per heavy atom. The minimum Gasteiger partial charge on any atom is -0.508 e. The molecule has 0 fully saturated rings. The Morgan fingerprint density at radius 3 is 2.95 bits per heavy atom. The maximum Gasteiger partial charge on any atom is 0.358 e. The van der Waals surface area contributed by atoms with E-state index in [2.05, 4.69) is 4.98 Å². The van der Waals surface area contributed by atoms with Gasteiger partial charge in [-0.25, -0.2) is 9.78 Å². The molecule has 7 heteroatoms. The molecule has 0 saturated carbocycles. The lowest BCUT2D eigenvalue weighted by Gasteiger charge is -2.14. The highest BCUT2D eigenvalue weighted by molar-refractivity contribution is 5.99. The second kappa shape index (κ2) is 5.18. The van der Waals surface area contributed by atoms with Gasteiger partial charge in [0.2, 0.25) is 0 Å². The lowest BCUT2D eigenvalue weighted by atomic mass is 10.1. The van der Waals surface area contributed by atoms with Gasteiger partial charge in [-0.1, -0.05) is 0 Å². The van der Waals surface area contributed by atoms with Crippen molar-refractivity contribution in [3.05, 3.63) is 41.5 Å². The van der Waals surface area contributed by atoms with E-state index in [0.717, 1.165) is 0 Å². The van der Waals surface area contributed by atoms with Gasteiger partial charge in [0.25, 0.3) is 5.91 Å². The van der Waals surface area contributed by atoms with Crippen LogP contribution in [-0.2, 0) is 11.3 Å². The number of esters is 1. The highest BCUT2D eigenvalue weighted by atomic mass is 16.5. The third-order valence-corrected chi connectivity index (χ3v) is 3.54. The predicted octanol–water partition coefficient (Wildman–Crippen LogP) is 1.34. The fourth-order valence-electron chi connectivity index (χ4n) is 2.51. The van der Waals surface area contributed by atoms with E-state index in [4.69, 9.17) is 4.74 Å². The van der Waals surface area contributed by atoms with Crippen LogP contribution in [0.2, 0.25) is 0 Å². The number of phenols is 1. The summed E-state index contributed by atoms with van der Waals surface area (Å²) in [6, 6.07) is 4.53. The molecular formula is C15H15N3O4. The molecule has 1 aliphatic heterocycles. The van der Waals surface area contributed by atoms with Crippen LogP contribution in [0.15, 0.2) is 24.5 Å². The molecule has 0 aliphatic carbocycles. The van der Waals surface area contributed by atoms with Gasteiger partial charge in [0.1, 0.15) is 12.1 Å². The van der Waals surface area contributed by atoms with E-state index >= 15 is 0 Å². The molecule has 0 spiro atoms. The number of aromatic nitrogens is 2. The van der Waals surface area contributed by atoms with Crippen molar-refractivity contribution in [3.63, 3.8) is 0 Å². The molecule has 2 heterocycles. The number of carbonyl (C=O) groups is 2. The number of carbonyl (C=O) groups excluding carboxylic acids is 2. The summed E-state index contributed by atoms with van der Waals surface area (Å²) in [5.41, 5.74) is 1.71. The molecule has 0 bridgehead atoms. The Kier molecular flexibility index (Phi) is 3.32. The smallest absolute Gasteiger partial charge is 0.358 e. The molecule has 114 valence electrons. The molecule has 3 rings (SSSR count). The summed E-state index contributed by atoms with van der Waals surface area (Å²) in [5, 5.41) is 9.63. The first kappa shape index (κ1) is 14.1. The summed E-state index contributed by atoms with van der Waals surface area (Å²) in [4.78, 5) is 30.0. The summed E-state index contributed by atoms with van der Waals surface area (Å²) >= 11 is 0. The monoisotopic (exact) mass is 301 g/mol. The Morgan fingerprint density at radius 1 is 1.45 bits per heavy atom. The van der Waals surface area contributed by atoms with Crippen LogP contribution in [0.4, 0.5) is 0 Å². The third-order valence-electron chi connectivity index (χ3n) is 3.54. The molecule has 0 unspecified atom stereocenters. The number of hydrogen-bond acceptors (Lipinski definition) is 5. The zero-order valence-electron chi connectivity index (χ0n) is 12.2. The van der Waals surface area contributed by atoms with Crippen molar-refractivity contribution < 1.29 is 19.4 Å². The second-order valence-corrected chi connectivity index (χ2v) is 4.99. The number of hydrogen-bond donors (Lipinski definition) is 1. The van der Waals surface area contributed by atoms with Gasteiger partial charge >= 0.3 is 5.97 Å². The highest BCUT2D eigenvalue weighted by Gasteiger charge is 2.29. The summed E-state index contributed by atoms with van der Waals surface area (Å²) in [6.45, 7) is 2.20. The molecule has 0 saturated heterocycles. The van der Waals surface area contributed by atoms with Gasteiger partial charge in [-0.05, 0) is 25.1 Å². The quantitative estimate of drug-likeness (QED) is 0.846. The first-order chi connectivity index (χ1) is 10.5. The van der Waals surface area contributed by atoms with Crippen molar-refractivity contribution >= 4 is 11.9 Å². The standard InChI is InChI=1S/C15H15N3O4/c1-3-22-15(21)13-12-7-17(2)14(20)10-6-9(19)4-5-11(10)18(12)8-16-13/h4-6,8,19H,3,7H2,1-2H3. The van der Waals surface area contributed by atoms with E-state index in [0.29, 0.717) is 16.9 Å². The van der Waals surface area contributed by atoms with Crippen LogP contribution in [0.3, 0.4) is 0 Å². The largest absolute Gasteiger partial charge is 0.508 e. The Labute approximate surface area is 126 Å². The first-order valence-corrected chi connectivity index (χ1v) is 6.85. The lowest BCUT2D eigenvalue weighted by molar-refractivity contribution is 0.0516. The Balaban J connectivity index is 2.20. The molecule has 7 nitrogen and oxygen atoms in total. The lowest BCUT2D eigenvalue weighted by Crippen LogP contribution is -2.25. The fourth-order valence-corrected chi connectivity index (χ4v) is 2.51. The molecular weight excluding hydrogens is 286 g/mol. The van der Waals surface area contributed by atoms with Crippen LogP contribution < -0.4 is 0 Å². The Hall–Kier alpha value is -2.83. The van der Waals surface area contributed by atoms with Crippen LogP contribution in [0, 0.1) is 0 Å². The molecule has 1 aromatic heterocycles. The van der Waals surface area contributed by atoms with Crippen molar-refractivity contribution in [1.82, 2.24) is 14.5 Å². The van der Waals surface area contributed by atoms with Crippen molar-refractivity contribution in [2.45, 2.75) is 13.5 Å². The van der Waals surface area contributed by atoms with Gasteiger partial charge in [-0.15, -0.1) is 0 Å². The van der Waals surface area contributed by atoms with Crippen molar-refractivity contribution in [2.24, 2.45) is 0 Å². The number of phenolic OH excluding ortho intramolecular Hbond substituents is 1. The topological polar surface area (TPSA) is 84.7 Å². The van der Waals surface area contributed by atoms with Crippen LogP contribution in [0.25, 0.3) is 5.69 Å². The van der Waals surface area contributed by atoms with Crippen LogP contribution in [-0.4, -0.2) is 45.1 Å². The molecule has 1 amide bonds. The number of imidazole rings is 1. The average Bonchev–Trinajstić information content (AvgIpc) is 2.86. The SMILES string of the molecule is CCOC(=O)c1ncn2c1CN(C)C(=O)c1cc(O)ccc1-2. The van der Waals surface area contributed by atoms with E-state index in [-0.39, 0.29) is 30.5 Å². The molecule has 1 aliphatic rings. The Bertz CT molecular complexity index is 766. The van der Waals surface area contributed by atoms with Gasteiger partial charge < -0.3 is 14.7 Å². The maximum absolute atomic E-state index is 12.4. The fraction of sp³-hybridized carbons (Fsp3) is 0.267. The summed E-state index contributed by atoms with van der Waals surface area (Å²) in [7, 11) is 1.63. The number of rotatable bonds is 2. The van der Waals surface area contributed by atoms with Gasteiger partial charge in [0.15, 0.2) is 5.69 Å². The minimum absolute atomic E-state index is 0.00896. The molecule has 1 N–H and O–H groups in total. The highest BCUT2D eigenvalue weighted by Crippen LogP contribution is 2.28. The molecule has 22 heavy (non-hydrogen) atoms. The van der Waals surface area contributed by atoms with E-state index < -0.39 is 5.97 Å². The van der Waals surface area contributed by atoms with Crippen molar-refractivity contribution in [2.75, 3.05) is 13.7 Å². The number of benzene rings is 1. The predicted molar refractivity (Wildman–Crippen MR) is 77.0 cm³/mol. The normalized spacial score (nSPS) is 13.4. The van der Waals surface area contributed by atoms with E-state index in [1.165, 1.54) is 23.4 Å². The van der Waals surface area contributed by atoms with E-state index in [1.54, 1.807) is 24.6 Å².